The summed E-state index contributed by atoms with van der Waals surface area (Å²) in [7, 11) is -4.00. The Labute approximate surface area is 126 Å². The highest BCUT2D eigenvalue weighted by atomic mass is 35.5. The van der Waals surface area contributed by atoms with Gasteiger partial charge in [0.2, 0.25) is 10.0 Å². The number of benzene rings is 1. The molecule has 1 aromatic carbocycles. The average molecular weight is 334 g/mol. The van der Waals surface area contributed by atoms with E-state index in [0.717, 1.165) is 12.1 Å². The zero-order chi connectivity index (χ0) is 15.4. The van der Waals surface area contributed by atoms with Gasteiger partial charge in [0.1, 0.15) is 10.7 Å². The van der Waals surface area contributed by atoms with Crippen LogP contribution in [0.1, 0.15) is 19.3 Å². The van der Waals surface area contributed by atoms with Crippen molar-refractivity contribution in [1.29, 1.82) is 0 Å². The van der Waals surface area contributed by atoms with Crippen molar-refractivity contribution in [2.24, 2.45) is 5.92 Å². The van der Waals surface area contributed by atoms with E-state index in [4.69, 9.17) is 11.6 Å². The van der Waals surface area contributed by atoms with Crippen molar-refractivity contribution in [2.75, 3.05) is 0 Å². The number of nitrogens with zero attached hydrogens (tertiary/aromatic N) is 1. The summed E-state index contributed by atoms with van der Waals surface area (Å²) in [4.78, 5) is 10.9. The van der Waals surface area contributed by atoms with Gasteiger partial charge in [0, 0.05) is 12.1 Å². The van der Waals surface area contributed by atoms with Crippen molar-refractivity contribution < 1.29 is 22.7 Å². The Hall–Kier alpha value is -1.18. The highest BCUT2D eigenvalue weighted by Gasteiger charge is 2.54. The van der Waals surface area contributed by atoms with E-state index in [1.165, 1.54) is 10.4 Å². The molecule has 0 saturated carbocycles. The van der Waals surface area contributed by atoms with E-state index in [1.54, 1.807) is 0 Å². The number of carboxylic acid groups (broad SMARTS) is 1. The summed E-state index contributed by atoms with van der Waals surface area (Å²) < 4.78 is 40.0. The second-order valence-electron chi connectivity index (χ2n) is 5.39. The minimum atomic E-state index is -4.00. The van der Waals surface area contributed by atoms with E-state index in [2.05, 4.69) is 0 Å². The van der Waals surface area contributed by atoms with E-state index in [9.17, 15) is 22.7 Å². The van der Waals surface area contributed by atoms with Crippen LogP contribution < -0.4 is 0 Å². The van der Waals surface area contributed by atoms with Crippen LogP contribution in [0.15, 0.2) is 23.1 Å². The first-order valence-electron chi connectivity index (χ1n) is 6.54. The van der Waals surface area contributed by atoms with E-state index in [0.29, 0.717) is 19.3 Å². The van der Waals surface area contributed by atoms with Gasteiger partial charge in [-0.05, 0) is 37.5 Å². The SMILES string of the molecule is O=C(O)C1CC2CCC1N2S(=O)(=O)c1cc(F)ccc1Cl. The minimum absolute atomic E-state index is 0.0606. The molecule has 1 N–H and O–H groups in total. The van der Waals surface area contributed by atoms with Crippen molar-refractivity contribution in [3.8, 4) is 0 Å². The fourth-order valence-electron chi connectivity index (χ4n) is 3.37. The normalized spacial score (nSPS) is 29.0. The lowest BCUT2D eigenvalue weighted by atomic mass is 9.89. The van der Waals surface area contributed by atoms with E-state index in [-0.39, 0.29) is 16.0 Å². The summed E-state index contributed by atoms with van der Waals surface area (Å²) in [6, 6.07) is 2.24. The highest BCUT2D eigenvalue weighted by molar-refractivity contribution is 7.89. The van der Waals surface area contributed by atoms with Crippen LogP contribution in [-0.2, 0) is 14.8 Å². The predicted molar refractivity (Wildman–Crippen MR) is 73.0 cm³/mol. The second-order valence-corrected chi connectivity index (χ2v) is 7.61. The Bertz CT molecular complexity index is 708. The molecule has 0 aromatic heterocycles. The fourth-order valence-corrected chi connectivity index (χ4v) is 5.77. The maximum atomic E-state index is 13.3. The number of rotatable bonds is 3. The minimum Gasteiger partial charge on any atom is -0.481 e. The molecule has 3 rings (SSSR count). The third-order valence-corrected chi connectivity index (χ3v) is 6.70. The molecule has 2 fully saturated rings. The molecule has 2 saturated heterocycles. The number of aliphatic carboxylic acids is 1. The Morgan fingerprint density at radius 2 is 2.10 bits per heavy atom. The molecular weight excluding hydrogens is 321 g/mol. The van der Waals surface area contributed by atoms with Crippen LogP contribution in [0, 0.1) is 11.7 Å². The van der Waals surface area contributed by atoms with Crippen LogP contribution in [0.5, 0.6) is 0 Å². The molecule has 5 nitrogen and oxygen atoms in total. The summed E-state index contributed by atoms with van der Waals surface area (Å²) in [6.07, 6.45) is 1.43. The van der Waals surface area contributed by atoms with E-state index < -0.39 is 33.8 Å². The van der Waals surface area contributed by atoms with Crippen molar-refractivity contribution >= 4 is 27.6 Å². The number of carbonyl (C=O) groups is 1. The molecular formula is C13H13ClFNO4S. The van der Waals surface area contributed by atoms with Crippen LogP contribution in [0.2, 0.25) is 5.02 Å². The molecule has 2 aliphatic heterocycles. The van der Waals surface area contributed by atoms with Gasteiger partial charge in [0.25, 0.3) is 0 Å². The number of sulfonamides is 1. The van der Waals surface area contributed by atoms with Crippen LogP contribution in [0.3, 0.4) is 0 Å². The maximum Gasteiger partial charge on any atom is 0.308 e. The van der Waals surface area contributed by atoms with Crippen LogP contribution in [0.25, 0.3) is 0 Å². The molecule has 0 spiro atoms. The van der Waals surface area contributed by atoms with Crippen LogP contribution >= 0.6 is 11.6 Å². The summed E-state index contributed by atoms with van der Waals surface area (Å²) in [5, 5.41) is 9.12. The van der Waals surface area contributed by atoms with E-state index in [1.807, 2.05) is 0 Å². The molecule has 2 bridgehead atoms. The van der Waals surface area contributed by atoms with Gasteiger partial charge in [-0.3, -0.25) is 4.79 Å². The number of halogens is 2. The Morgan fingerprint density at radius 3 is 2.71 bits per heavy atom. The molecule has 114 valence electrons. The molecule has 3 unspecified atom stereocenters. The summed E-state index contributed by atoms with van der Waals surface area (Å²) in [6.45, 7) is 0. The topological polar surface area (TPSA) is 74.7 Å². The number of hydrogen-bond acceptors (Lipinski definition) is 3. The van der Waals surface area contributed by atoms with Crippen molar-refractivity contribution in [3.05, 3.63) is 29.0 Å². The van der Waals surface area contributed by atoms with Gasteiger partial charge in [0.15, 0.2) is 0 Å². The van der Waals surface area contributed by atoms with Crippen molar-refractivity contribution in [3.63, 3.8) is 0 Å². The lowest BCUT2D eigenvalue weighted by molar-refractivity contribution is -0.142. The average Bonchev–Trinajstić information content (AvgIpc) is 2.99. The molecule has 2 aliphatic rings. The van der Waals surface area contributed by atoms with Gasteiger partial charge >= 0.3 is 5.97 Å². The summed E-state index contributed by atoms with van der Waals surface area (Å²) >= 11 is 5.89. The molecule has 2 heterocycles. The first-order valence-corrected chi connectivity index (χ1v) is 8.35. The van der Waals surface area contributed by atoms with Crippen molar-refractivity contribution in [2.45, 2.75) is 36.2 Å². The smallest absolute Gasteiger partial charge is 0.308 e. The highest BCUT2D eigenvalue weighted by Crippen LogP contribution is 2.45. The predicted octanol–water partition coefficient (Wildman–Crippen LogP) is 2.11. The van der Waals surface area contributed by atoms with Crippen LogP contribution in [0.4, 0.5) is 4.39 Å². The third kappa shape index (κ3) is 2.23. The first-order chi connectivity index (χ1) is 9.82. The number of carboxylic acids is 1. The second kappa shape index (κ2) is 4.93. The molecule has 0 amide bonds. The molecule has 3 atom stereocenters. The lowest BCUT2D eigenvalue weighted by Crippen LogP contribution is -2.38. The maximum absolute atomic E-state index is 13.3. The van der Waals surface area contributed by atoms with Gasteiger partial charge in [-0.2, -0.15) is 4.31 Å². The zero-order valence-electron chi connectivity index (χ0n) is 10.9. The molecule has 21 heavy (non-hydrogen) atoms. The number of hydrogen-bond donors (Lipinski definition) is 1. The molecule has 8 heteroatoms. The Balaban J connectivity index is 2.04. The van der Waals surface area contributed by atoms with Gasteiger partial charge in [-0.25, -0.2) is 12.8 Å². The Kier molecular flexibility index (Phi) is 3.46. The monoisotopic (exact) mass is 333 g/mol. The fraction of sp³-hybridized carbons (Fsp3) is 0.462. The lowest BCUT2D eigenvalue weighted by Gasteiger charge is -2.23. The van der Waals surface area contributed by atoms with Gasteiger partial charge in [-0.15, -0.1) is 0 Å². The summed E-state index contributed by atoms with van der Waals surface area (Å²) in [5.74, 6) is -2.39. The third-order valence-electron chi connectivity index (χ3n) is 4.24. The first kappa shape index (κ1) is 14.7. The van der Waals surface area contributed by atoms with Gasteiger partial charge in [0.05, 0.1) is 10.9 Å². The van der Waals surface area contributed by atoms with Crippen LogP contribution in [-0.4, -0.2) is 35.9 Å². The Morgan fingerprint density at radius 1 is 1.38 bits per heavy atom. The van der Waals surface area contributed by atoms with Crippen molar-refractivity contribution in [1.82, 2.24) is 4.31 Å². The van der Waals surface area contributed by atoms with E-state index >= 15 is 0 Å². The molecule has 0 radical (unpaired) electrons. The standard InChI is InChI=1S/C13H13ClFNO4S/c14-10-3-1-7(15)5-12(10)21(19,20)16-8-2-4-11(16)9(6-8)13(17)18/h1,3,5,8-9,11H,2,4,6H2,(H,17,18). The quantitative estimate of drug-likeness (QED) is 0.919. The van der Waals surface area contributed by atoms with Gasteiger partial charge < -0.3 is 5.11 Å². The summed E-state index contributed by atoms with van der Waals surface area (Å²) in [5.41, 5.74) is 0. The zero-order valence-corrected chi connectivity index (χ0v) is 12.4. The number of fused-ring (bicyclic) bond motifs is 2. The largest absolute Gasteiger partial charge is 0.481 e. The molecule has 0 aliphatic carbocycles. The van der Waals surface area contributed by atoms with Gasteiger partial charge in [-0.1, -0.05) is 11.6 Å². The molecule has 1 aromatic rings.